The van der Waals surface area contributed by atoms with E-state index in [-0.39, 0.29) is 12.1 Å². The van der Waals surface area contributed by atoms with E-state index in [4.69, 9.17) is 21.1 Å². The first-order chi connectivity index (χ1) is 12.2. The SMILES string of the molecule is COc1ccc(OC2CCCN(C(=O)Nc3ccccc3Cl)C2)nn1. The predicted octanol–water partition coefficient (Wildman–Crippen LogP) is 3.21. The Labute approximate surface area is 150 Å². The first-order valence-electron chi connectivity index (χ1n) is 8.00. The highest BCUT2D eigenvalue weighted by molar-refractivity contribution is 6.33. The van der Waals surface area contributed by atoms with Gasteiger partial charge in [-0.2, -0.15) is 0 Å². The fourth-order valence-corrected chi connectivity index (χ4v) is 2.81. The minimum absolute atomic E-state index is 0.131. The highest BCUT2D eigenvalue weighted by Gasteiger charge is 2.25. The van der Waals surface area contributed by atoms with Crippen molar-refractivity contribution in [1.82, 2.24) is 15.1 Å². The van der Waals surface area contributed by atoms with Crippen molar-refractivity contribution < 1.29 is 14.3 Å². The topological polar surface area (TPSA) is 76.6 Å². The Morgan fingerprint density at radius 3 is 2.72 bits per heavy atom. The van der Waals surface area contributed by atoms with Crippen LogP contribution in [0.4, 0.5) is 10.5 Å². The average Bonchev–Trinajstić information content (AvgIpc) is 2.64. The maximum absolute atomic E-state index is 12.5. The largest absolute Gasteiger partial charge is 0.480 e. The summed E-state index contributed by atoms with van der Waals surface area (Å²) in [5, 5.41) is 11.2. The fraction of sp³-hybridized carbons (Fsp3) is 0.353. The third kappa shape index (κ3) is 4.51. The van der Waals surface area contributed by atoms with Gasteiger partial charge in [0.15, 0.2) is 0 Å². The van der Waals surface area contributed by atoms with Gasteiger partial charge in [0, 0.05) is 18.7 Å². The molecule has 0 bridgehead atoms. The van der Waals surface area contributed by atoms with Crippen LogP contribution in [0.1, 0.15) is 12.8 Å². The number of carbonyl (C=O) groups is 1. The van der Waals surface area contributed by atoms with Crippen molar-refractivity contribution in [1.29, 1.82) is 0 Å². The number of nitrogens with one attached hydrogen (secondary N) is 1. The molecule has 2 aromatic rings. The number of piperidine rings is 1. The molecule has 1 N–H and O–H groups in total. The van der Waals surface area contributed by atoms with E-state index in [2.05, 4.69) is 15.5 Å². The number of likely N-dealkylation sites (tertiary alicyclic amines) is 1. The third-order valence-corrected chi connectivity index (χ3v) is 4.22. The predicted molar refractivity (Wildman–Crippen MR) is 94.3 cm³/mol. The van der Waals surface area contributed by atoms with Crippen LogP contribution in [-0.4, -0.2) is 47.4 Å². The monoisotopic (exact) mass is 362 g/mol. The molecule has 8 heteroatoms. The number of carbonyl (C=O) groups excluding carboxylic acids is 1. The van der Waals surface area contributed by atoms with Crippen LogP contribution in [-0.2, 0) is 0 Å². The van der Waals surface area contributed by atoms with Crippen LogP contribution in [0.2, 0.25) is 5.02 Å². The van der Waals surface area contributed by atoms with Gasteiger partial charge in [-0.3, -0.25) is 0 Å². The number of halogens is 1. The van der Waals surface area contributed by atoms with Gasteiger partial charge in [-0.15, -0.1) is 10.2 Å². The summed E-state index contributed by atoms with van der Waals surface area (Å²) in [5.41, 5.74) is 0.596. The van der Waals surface area contributed by atoms with Crippen molar-refractivity contribution in [3.8, 4) is 11.8 Å². The van der Waals surface area contributed by atoms with E-state index in [1.54, 1.807) is 29.2 Å². The van der Waals surface area contributed by atoms with Gasteiger partial charge in [0.1, 0.15) is 6.10 Å². The molecule has 0 radical (unpaired) electrons. The second-order valence-electron chi connectivity index (χ2n) is 5.65. The summed E-state index contributed by atoms with van der Waals surface area (Å²) in [7, 11) is 1.53. The van der Waals surface area contributed by atoms with Gasteiger partial charge in [-0.25, -0.2) is 4.79 Å². The number of nitrogens with zero attached hydrogens (tertiary/aromatic N) is 3. The Kier molecular flexibility index (Phi) is 5.55. The summed E-state index contributed by atoms with van der Waals surface area (Å²) < 4.78 is 10.8. The zero-order valence-corrected chi connectivity index (χ0v) is 14.6. The molecule has 25 heavy (non-hydrogen) atoms. The number of rotatable bonds is 4. The summed E-state index contributed by atoms with van der Waals surface area (Å²) in [4.78, 5) is 14.2. The highest BCUT2D eigenvalue weighted by atomic mass is 35.5. The van der Waals surface area contributed by atoms with Gasteiger partial charge in [0.2, 0.25) is 11.8 Å². The number of aromatic nitrogens is 2. The molecule has 1 aromatic heterocycles. The molecule has 3 rings (SSSR count). The van der Waals surface area contributed by atoms with Crippen LogP contribution >= 0.6 is 11.6 Å². The van der Waals surface area contributed by atoms with Crippen LogP contribution in [0.15, 0.2) is 36.4 Å². The second-order valence-corrected chi connectivity index (χ2v) is 6.06. The van der Waals surface area contributed by atoms with Gasteiger partial charge in [0.25, 0.3) is 0 Å². The van der Waals surface area contributed by atoms with Crippen LogP contribution in [0.5, 0.6) is 11.8 Å². The number of urea groups is 1. The highest BCUT2D eigenvalue weighted by Crippen LogP contribution is 2.22. The Morgan fingerprint density at radius 2 is 2.00 bits per heavy atom. The van der Waals surface area contributed by atoms with Crippen molar-refractivity contribution >= 4 is 23.3 Å². The summed E-state index contributed by atoms with van der Waals surface area (Å²) in [6.45, 7) is 1.15. The lowest BCUT2D eigenvalue weighted by molar-refractivity contribution is 0.101. The molecule has 1 atom stereocenters. The molecule has 1 fully saturated rings. The summed E-state index contributed by atoms with van der Waals surface area (Å²) in [6.07, 6.45) is 1.57. The standard InChI is InChI=1S/C17H19ClN4O3/c1-24-15-8-9-16(21-20-15)25-12-5-4-10-22(11-12)17(23)19-14-7-3-2-6-13(14)18/h2-3,6-9,12H,4-5,10-11H2,1H3,(H,19,23). The molecule has 7 nitrogen and oxygen atoms in total. The van der Waals surface area contributed by atoms with E-state index in [1.165, 1.54) is 7.11 Å². The molecule has 2 heterocycles. The minimum atomic E-state index is -0.192. The second kappa shape index (κ2) is 8.02. The van der Waals surface area contributed by atoms with Crippen molar-refractivity contribution in [2.45, 2.75) is 18.9 Å². The number of amides is 2. The van der Waals surface area contributed by atoms with Gasteiger partial charge in [-0.1, -0.05) is 23.7 Å². The molecule has 0 aliphatic carbocycles. The number of benzene rings is 1. The van der Waals surface area contributed by atoms with E-state index in [1.807, 2.05) is 12.1 Å². The van der Waals surface area contributed by atoms with Crippen molar-refractivity contribution in [3.05, 3.63) is 41.4 Å². The molecule has 1 aliphatic rings. The number of para-hydroxylation sites is 1. The smallest absolute Gasteiger partial charge is 0.322 e. The maximum atomic E-state index is 12.5. The van der Waals surface area contributed by atoms with Crippen molar-refractivity contribution in [3.63, 3.8) is 0 Å². The van der Waals surface area contributed by atoms with Crippen molar-refractivity contribution in [2.24, 2.45) is 0 Å². The zero-order chi connectivity index (χ0) is 17.6. The van der Waals surface area contributed by atoms with Crippen LogP contribution < -0.4 is 14.8 Å². The van der Waals surface area contributed by atoms with Gasteiger partial charge < -0.3 is 19.7 Å². The Bertz CT molecular complexity index is 726. The Morgan fingerprint density at radius 1 is 1.24 bits per heavy atom. The van der Waals surface area contributed by atoms with Gasteiger partial charge in [0.05, 0.1) is 24.4 Å². The summed E-state index contributed by atoms with van der Waals surface area (Å²) >= 11 is 6.08. The lowest BCUT2D eigenvalue weighted by atomic mass is 10.1. The quantitative estimate of drug-likeness (QED) is 0.903. The minimum Gasteiger partial charge on any atom is -0.480 e. The van der Waals surface area contributed by atoms with Crippen LogP contribution in [0.25, 0.3) is 0 Å². The number of hydrogen-bond donors (Lipinski definition) is 1. The molecule has 2 amide bonds. The zero-order valence-electron chi connectivity index (χ0n) is 13.8. The van der Waals surface area contributed by atoms with Gasteiger partial charge in [-0.05, 0) is 25.0 Å². The van der Waals surface area contributed by atoms with E-state index >= 15 is 0 Å². The summed E-state index contributed by atoms with van der Waals surface area (Å²) in [6, 6.07) is 10.3. The maximum Gasteiger partial charge on any atom is 0.322 e. The lowest BCUT2D eigenvalue weighted by Gasteiger charge is -2.32. The van der Waals surface area contributed by atoms with E-state index in [9.17, 15) is 4.79 Å². The van der Waals surface area contributed by atoms with Crippen molar-refractivity contribution in [2.75, 3.05) is 25.5 Å². The first kappa shape index (κ1) is 17.3. The fourth-order valence-electron chi connectivity index (χ4n) is 2.63. The Balaban J connectivity index is 1.58. The van der Waals surface area contributed by atoms with E-state index < -0.39 is 0 Å². The lowest BCUT2D eigenvalue weighted by Crippen LogP contribution is -2.46. The molecule has 1 unspecified atom stereocenters. The number of ether oxygens (including phenoxy) is 2. The number of methoxy groups -OCH3 is 1. The number of anilines is 1. The molecule has 0 saturated carbocycles. The first-order valence-corrected chi connectivity index (χ1v) is 8.38. The molecule has 1 aromatic carbocycles. The summed E-state index contributed by atoms with van der Waals surface area (Å²) in [5.74, 6) is 0.843. The van der Waals surface area contributed by atoms with Crippen LogP contribution in [0, 0.1) is 0 Å². The number of hydrogen-bond acceptors (Lipinski definition) is 5. The van der Waals surface area contributed by atoms with E-state index in [0.29, 0.717) is 35.6 Å². The van der Waals surface area contributed by atoms with E-state index in [0.717, 1.165) is 12.8 Å². The molecule has 1 saturated heterocycles. The molecule has 1 aliphatic heterocycles. The third-order valence-electron chi connectivity index (χ3n) is 3.89. The average molecular weight is 363 g/mol. The normalized spacial score (nSPS) is 17.0. The van der Waals surface area contributed by atoms with Gasteiger partial charge >= 0.3 is 6.03 Å². The Hall–Kier alpha value is -2.54. The molecule has 0 spiro atoms. The molecular formula is C17H19ClN4O3. The van der Waals surface area contributed by atoms with Crippen LogP contribution in [0.3, 0.4) is 0 Å². The molecular weight excluding hydrogens is 344 g/mol. The molecule has 132 valence electrons.